The van der Waals surface area contributed by atoms with Crippen molar-refractivity contribution in [2.24, 2.45) is 0 Å². The van der Waals surface area contributed by atoms with Gasteiger partial charge in [-0.25, -0.2) is 9.18 Å². The molecule has 0 bridgehead atoms. The summed E-state index contributed by atoms with van der Waals surface area (Å²) in [7, 11) is 0. The number of ether oxygens (including phenoxy) is 2. The predicted molar refractivity (Wildman–Crippen MR) is 108 cm³/mol. The van der Waals surface area contributed by atoms with E-state index in [-0.39, 0.29) is 16.8 Å². The van der Waals surface area contributed by atoms with E-state index in [0.29, 0.717) is 0 Å². The molecule has 150 valence electrons. The zero-order valence-electron chi connectivity index (χ0n) is 15.7. The number of hydrogen-bond acceptors (Lipinski definition) is 4. The Labute approximate surface area is 172 Å². The minimum Gasteiger partial charge on any atom is -0.480 e. The van der Waals surface area contributed by atoms with Crippen LogP contribution in [0.3, 0.4) is 0 Å². The molecule has 3 rings (SSSR count). The van der Waals surface area contributed by atoms with Crippen LogP contribution in [0, 0.1) is 5.82 Å². The first kappa shape index (κ1) is 20.6. The third-order valence-electron chi connectivity index (χ3n) is 4.27. The topological polar surface area (TPSA) is 64.6 Å². The summed E-state index contributed by atoms with van der Waals surface area (Å²) in [5.74, 6) is -1.53. The molecule has 0 saturated heterocycles. The Kier molecular flexibility index (Phi) is 6.67. The summed E-state index contributed by atoms with van der Waals surface area (Å²) >= 11 is 5.82. The van der Waals surface area contributed by atoms with Crippen LogP contribution in [0.1, 0.15) is 18.5 Å². The van der Waals surface area contributed by atoms with Crippen LogP contribution < -0.4 is 10.1 Å². The molecule has 0 spiro atoms. The van der Waals surface area contributed by atoms with Crippen LogP contribution in [0.4, 0.5) is 4.39 Å². The summed E-state index contributed by atoms with van der Waals surface area (Å²) in [5.41, 5.74) is 0.970. The summed E-state index contributed by atoms with van der Waals surface area (Å²) in [4.78, 5) is 23.9. The van der Waals surface area contributed by atoms with Gasteiger partial charge in [0.25, 0.3) is 5.91 Å². The second-order valence-electron chi connectivity index (χ2n) is 6.38. The van der Waals surface area contributed by atoms with Gasteiger partial charge in [0.15, 0.2) is 13.2 Å². The molecule has 7 heteroatoms. The Hall–Kier alpha value is -3.12. The molecular formula is C22H19ClFNO4. The molecule has 0 aliphatic rings. The molecule has 1 N–H and O–H groups in total. The van der Waals surface area contributed by atoms with E-state index in [1.165, 1.54) is 6.07 Å². The number of halogens is 2. The van der Waals surface area contributed by atoms with Gasteiger partial charge < -0.3 is 14.8 Å². The predicted octanol–water partition coefficient (Wildman–Crippen LogP) is 4.43. The molecule has 0 fully saturated rings. The van der Waals surface area contributed by atoms with Crippen molar-refractivity contribution in [3.63, 3.8) is 0 Å². The Morgan fingerprint density at radius 1 is 1.07 bits per heavy atom. The zero-order valence-corrected chi connectivity index (χ0v) is 16.4. The number of benzene rings is 3. The van der Waals surface area contributed by atoms with E-state index < -0.39 is 30.9 Å². The van der Waals surface area contributed by atoms with Crippen LogP contribution in [0.25, 0.3) is 10.8 Å². The van der Waals surface area contributed by atoms with E-state index in [4.69, 9.17) is 21.1 Å². The number of nitrogens with one attached hydrogen (secondary N) is 1. The average Bonchev–Trinajstić information content (AvgIpc) is 2.71. The lowest BCUT2D eigenvalue weighted by molar-refractivity contribution is -0.150. The van der Waals surface area contributed by atoms with Crippen molar-refractivity contribution in [2.75, 3.05) is 13.2 Å². The van der Waals surface area contributed by atoms with Crippen molar-refractivity contribution < 1.29 is 23.5 Å². The van der Waals surface area contributed by atoms with Crippen molar-refractivity contribution >= 4 is 34.2 Å². The van der Waals surface area contributed by atoms with Gasteiger partial charge in [-0.15, -0.1) is 0 Å². The molecule has 0 saturated carbocycles. The van der Waals surface area contributed by atoms with Gasteiger partial charge in [-0.05, 0) is 41.5 Å². The summed E-state index contributed by atoms with van der Waals surface area (Å²) < 4.78 is 23.1. The summed E-state index contributed by atoms with van der Waals surface area (Å²) in [6.07, 6.45) is 0. The van der Waals surface area contributed by atoms with Crippen LogP contribution in [-0.2, 0) is 14.3 Å². The highest BCUT2D eigenvalue weighted by Crippen LogP contribution is 2.25. The maximum atomic E-state index is 13.0. The largest absolute Gasteiger partial charge is 0.480 e. The number of fused-ring (bicyclic) bond motifs is 1. The number of carbonyl (C=O) groups is 2. The van der Waals surface area contributed by atoms with Gasteiger partial charge >= 0.3 is 5.97 Å². The maximum absolute atomic E-state index is 13.0. The van der Waals surface area contributed by atoms with E-state index in [9.17, 15) is 14.0 Å². The van der Waals surface area contributed by atoms with E-state index in [0.717, 1.165) is 28.5 Å². The van der Waals surface area contributed by atoms with Crippen molar-refractivity contribution in [2.45, 2.75) is 13.0 Å². The van der Waals surface area contributed by atoms with Crippen LogP contribution in [-0.4, -0.2) is 25.1 Å². The smallest absolute Gasteiger partial charge is 0.344 e. The van der Waals surface area contributed by atoms with Gasteiger partial charge in [-0.3, -0.25) is 4.79 Å². The second kappa shape index (κ2) is 9.39. The molecule has 1 atom stereocenters. The minimum atomic E-state index is -0.738. The van der Waals surface area contributed by atoms with Gasteiger partial charge in [0, 0.05) is 0 Å². The SMILES string of the molecule is C[C@H](NC(=O)COC(=O)COc1ccc(F)cc1Cl)c1cccc2ccccc12. The van der Waals surface area contributed by atoms with Gasteiger partial charge in [-0.1, -0.05) is 54.1 Å². The number of carbonyl (C=O) groups excluding carboxylic acids is 2. The lowest BCUT2D eigenvalue weighted by Gasteiger charge is -2.16. The van der Waals surface area contributed by atoms with Gasteiger partial charge in [0.05, 0.1) is 11.1 Å². The standard InChI is InChI=1S/C22H19ClFNO4/c1-14(17-8-4-6-15-5-2-3-7-18(15)17)25-21(26)12-29-22(27)13-28-20-10-9-16(24)11-19(20)23/h2-11,14H,12-13H2,1H3,(H,25,26)/t14-/m0/s1. The molecule has 0 aliphatic heterocycles. The molecule has 5 nitrogen and oxygen atoms in total. The number of esters is 1. The van der Waals surface area contributed by atoms with E-state index in [1.807, 2.05) is 49.4 Å². The third-order valence-corrected chi connectivity index (χ3v) is 4.57. The maximum Gasteiger partial charge on any atom is 0.344 e. The van der Waals surface area contributed by atoms with Crippen LogP contribution >= 0.6 is 11.6 Å². The monoisotopic (exact) mass is 415 g/mol. The first-order chi connectivity index (χ1) is 13.9. The Bertz CT molecular complexity index is 1040. The average molecular weight is 416 g/mol. The van der Waals surface area contributed by atoms with Crippen LogP contribution in [0.2, 0.25) is 5.02 Å². The number of hydrogen-bond donors (Lipinski definition) is 1. The quantitative estimate of drug-likeness (QED) is 0.580. The minimum absolute atomic E-state index is 0.0412. The summed E-state index contributed by atoms with van der Waals surface area (Å²) in [6, 6.07) is 17.0. The summed E-state index contributed by atoms with van der Waals surface area (Å²) in [5, 5.41) is 4.98. The highest BCUT2D eigenvalue weighted by atomic mass is 35.5. The molecule has 0 aromatic heterocycles. The number of rotatable bonds is 7. The molecular weight excluding hydrogens is 397 g/mol. The van der Waals surface area contributed by atoms with Gasteiger partial charge in [-0.2, -0.15) is 0 Å². The van der Waals surface area contributed by atoms with Crippen molar-refractivity contribution in [3.05, 3.63) is 77.1 Å². The molecule has 3 aromatic carbocycles. The lowest BCUT2D eigenvalue weighted by atomic mass is 10.00. The highest BCUT2D eigenvalue weighted by Gasteiger charge is 2.14. The molecule has 0 unspecified atom stereocenters. The van der Waals surface area contributed by atoms with E-state index in [2.05, 4.69) is 5.32 Å². The van der Waals surface area contributed by atoms with Crippen LogP contribution in [0.15, 0.2) is 60.7 Å². The fourth-order valence-corrected chi connectivity index (χ4v) is 3.13. The van der Waals surface area contributed by atoms with Crippen molar-refractivity contribution in [1.29, 1.82) is 0 Å². The molecule has 0 aliphatic carbocycles. The molecule has 1 amide bonds. The lowest BCUT2D eigenvalue weighted by Crippen LogP contribution is -2.32. The normalized spacial score (nSPS) is 11.7. The zero-order chi connectivity index (χ0) is 20.8. The Morgan fingerprint density at radius 2 is 1.83 bits per heavy atom. The molecule has 3 aromatic rings. The molecule has 0 heterocycles. The molecule has 29 heavy (non-hydrogen) atoms. The fraction of sp³-hybridized carbons (Fsp3) is 0.182. The van der Waals surface area contributed by atoms with E-state index in [1.54, 1.807) is 0 Å². The van der Waals surface area contributed by atoms with Crippen molar-refractivity contribution in [1.82, 2.24) is 5.32 Å². The highest BCUT2D eigenvalue weighted by molar-refractivity contribution is 6.32. The van der Waals surface area contributed by atoms with Gasteiger partial charge in [0.1, 0.15) is 11.6 Å². The first-order valence-electron chi connectivity index (χ1n) is 8.94. The van der Waals surface area contributed by atoms with Crippen molar-refractivity contribution in [3.8, 4) is 5.75 Å². The number of amides is 1. The summed E-state index contributed by atoms with van der Waals surface area (Å²) in [6.45, 7) is 0.979. The Balaban J connectivity index is 1.49. The Morgan fingerprint density at radius 3 is 2.62 bits per heavy atom. The molecule has 0 radical (unpaired) electrons. The third kappa shape index (κ3) is 5.45. The van der Waals surface area contributed by atoms with E-state index >= 15 is 0 Å². The second-order valence-corrected chi connectivity index (χ2v) is 6.79. The van der Waals surface area contributed by atoms with Crippen LogP contribution in [0.5, 0.6) is 5.75 Å². The fourth-order valence-electron chi connectivity index (χ4n) is 2.91. The first-order valence-corrected chi connectivity index (χ1v) is 9.32. The van der Waals surface area contributed by atoms with Gasteiger partial charge in [0.2, 0.25) is 0 Å².